The molecular weight excluding hydrogens is 307 g/mol. The van der Waals surface area contributed by atoms with Gasteiger partial charge in [-0.3, -0.25) is 4.99 Å². The smallest absolute Gasteiger partial charge is 0.191 e. The van der Waals surface area contributed by atoms with E-state index in [1.54, 1.807) is 19.2 Å². The zero-order valence-corrected chi connectivity index (χ0v) is 14.5. The summed E-state index contributed by atoms with van der Waals surface area (Å²) in [7, 11) is 1.74. The van der Waals surface area contributed by atoms with Crippen LogP contribution in [-0.4, -0.2) is 24.7 Å². The molecule has 0 saturated heterocycles. The number of nitrogens with zero attached hydrogens (tertiary/aromatic N) is 2. The van der Waals surface area contributed by atoms with Crippen LogP contribution in [-0.2, 0) is 25.8 Å². The van der Waals surface area contributed by atoms with Crippen LogP contribution in [0.15, 0.2) is 33.8 Å². The zero-order chi connectivity index (χ0) is 17.4. The predicted octanol–water partition coefficient (Wildman–Crippen LogP) is 2.85. The Bertz CT molecular complexity index is 643. The Morgan fingerprint density at radius 2 is 1.92 bits per heavy atom. The van der Waals surface area contributed by atoms with E-state index < -0.39 is 0 Å². The minimum atomic E-state index is -0.212. The fourth-order valence-electron chi connectivity index (χ4n) is 2.51. The van der Waals surface area contributed by atoms with Crippen LogP contribution in [0.1, 0.15) is 36.4 Å². The number of benzene rings is 1. The molecule has 0 aliphatic heterocycles. The molecule has 1 heterocycles. The second-order valence-corrected chi connectivity index (χ2v) is 5.47. The molecule has 5 nitrogen and oxygen atoms in total. The highest BCUT2D eigenvalue weighted by molar-refractivity contribution is 5.79. The second-order valence-electron chi connectivity index (χ2n) is 5.47. The van der Waals surface area contributed by atoms with Crippen molar-refractivity contribution in [1.82, 2.24) is 15.8 Å². The SMILES string of the molecule is CCc1noc(CC)c1CNC(=NC)NCCc1ccc(F)cc1. The standard InChI is InChI=1S/C18H25FN4O/c1-4-16-15(17(5-2)24-23-16)12-22-18(20-3)21-11-10-13-6-8-14(19)9-7-13/h6-9H,4-5,10-12H2,1-3H3,(H2,20,21,22). The van der Waals surface area contributed by atoms with Gasteiger partial charge < -0.3 is 15.2 Å². The van der Waals surface area contributed by atoms with Crippen molar-refractivity contribution in [2.45, 2.75) is 39.7 Å². The number of guanidine groups is 1. The molecule has 1 aromatic carbocycles. The molecule has 0 aliphatic carbocycles. The lowest BCUT2D eigenvalue weighted by Gasteiger charge is -2.12. The lowest BCUT2D eigenvalue weighted by molar-refractivity contribution is 0.380. The molecule has 0 spiro atoms. The first kappa shape index (κ1) is 18.0. The Labute approximate surface area is 142 Å². The third-order valence-electron chi connectivity index (χ3n) is 3.88. The van der Waals surface area contributed by atoms with E-state index >= 15 is 0 Å². The molecule has 0 unspecified atom stereocenters. The maximum Gasteiger partial charge on any atom is 0.191 e. The van der Waals surface area contributed by atoms with Crippen molar-refractivity contribution in [2.75, 3.05) is 13.6 Å². The lowest BCUT2D eigenvalue weighted by atomic mass is 10.1. The van der Waals surface area contributed by atoms with Gasteiger partial charge in [0.1, 0.15) is 11.6 Å². The van der Waals surface area contributed by atoms with Crippen LogP contribution >= 0.6 is 0 Å². The Balaban J connectivity index is 1.84. The maximum atomic E-state index is 12.9. The van der Waals surface area contributed by atoms with Crippen molar-refractivity contribution >= 4 is 5.96 Å². The van der Waals surface area contributed by atoms with Gasteiger partial charge in [0, 0.05) is 32.1 Å². The van der Waals surface area contributed by atoms with E-state index in [4.69, 9.17) is 4.52 Å². The minimum absolute atomic E-state index is 0.212. The van der Waals surface area contributed by atoms with Crippen molar-refractivity contribution < 1.29 is 8.91 Å². The molecular formula is C18H25FN4O. The monoisotopic (exact) mass is 332 g/mol. The van der Waals surface area contributed by atoms with Crippen LogP contribution in [0.25, 0.3) is 0 Å². The number of hydrogen-bond donors (Lipinski definition) is 2. The fourth-order valence-corrected chi connectivity index (χ4v) is 2.51. The Hall–Kier alpha value is -2.37. The number of aliphatic imine (C=N–C) groups is 1. The van der Waals surface area contributed by atoms with Gasteiger partial charge in [-0.05, 0) is 30.5 Å². The molecule has 0 amide bonds. The average Bonchev–Trinajstić information content (AvgIpc) is 3.01. The highest BCUT2D eigenvalue weighted by atomic mass is 19.1. The summed E-state index contributed by atoms with van der Waals surface area (Å²) in [5.41, 5.74) is 3.18. The molecule has 0 atom stereocenters. The van der Waals surface area contributed by atoms with Gasteiger partial charge in [0.05, 0.1) is 5.69 Å². The summed E-state index contributed by atoms with van der Waals surface area (Å²) in [5.74, 6) is 1.43. The molecule has 24 heavy (non-hydrogen) atoms. The van der Waals surface area contributed by atoms with Gasteiger partial charge in [0.2, 0.25) is 0 Å². The largest absolute Gasteiger partial charge is 0.361 e. The molecule has 0 aliphatic rings. The molecule has 6 heteroatoms. The summed E-state index contributed by atoms with van der Waals surface area (Å²) >= 11 is 0. The summed E-state index contributed by atoms with van der Waals surface area (Å²) in [6.07, 6.45) is 2.46. The molecule has 0 fully saturated rings. The summed E-state index contributed by atoms with van der Waals surface area (Å²) in [6.45, 7) is 5.47. The van der Waals surface area contributed by atoms with Crippen LogP contribution in [0.3, 0.4) is 0 Å². The predicted molar refractivity (Wildman–Crippen MR) is 93.6 cm³/mol. The van der Waals surface area contributed by atoms with E-state index in [0.29, 0.717) is 6.54 Å². The van der Waals surface area contributed by atoms with Gasteiger partial charge in [-0.15, -0.1) is 0 Å². The summed E-state index contributed by atoms with van der Waals surface area (Å²) in [6, 6.07) is 6.55. The van der Waals surface area contributed by atoms with Gasteiger partial charge >= 0.3 is 0 Å². The molecule has 130 valence electrons. The molecule has 0 radical (unpaired) electrons. The third kappa shape index (κ3) is 4.81. The number of hydrogen-bond acceptors (Lipinski definition) is 3. The van der Waals surface area contributed by atoms with Gasteiger partial charge in [-0.2, -0.15) is 0 Å². The fraction of sp³-hybridized carbons (Fsp3) is 0.444. The highest BCUT2D eigenvalue weighted by Gasteiger charge is 2.13. The van der Waals surface area contributed by atoms with E-state index in [1.165, 1.54) is 12.1 Å². The first-order valence-electron chi connectivity index (χ1n) is 8.33. The number of rotatable bonds is 7. The average molecular weight is 332 g/mol. The van der Waals surface area contributed by atoms with E-state index in [0.717, 1.165) is 54.3 Å². The van der Waals surface area contributed by atoms with Crippen molar-refractivity contribution in [3.63, 3.8) is 0 Å². The van der Waals surface area contributed by atoms with E-state index in [-0.39, 0.29) is 5.82 Å². The van der Waals surface area contributed by atoms with Crippen LogP contribution in [0, 0.1) is 5.82 Å². The lowest BCUT2D eigenvalue weighted by Crippen LogP contribution is -2.38. The molecule has 0 bridgehead atoms. The summed E-state index contributed by atoms with van der Waals surface area (Å²) < 4.78 is 18.3. The van der Waals surface area contributed by atoms with Gasteiger partial charge in [0.15, 0.2) is 5.96 Å². The minimum Gasteiger partial charge on any atom is -0.361 e. The number of halogens is 1. The van der Waals surface area contributed by atoms with Crippen molar-refractivity contribution in [3.05, 3.63) is 52.7 Å². The topological polar surface area (TPSA) is 62.5 Å². The highest BCUT2D eigenvalue weighted by Crippen LogP contribution is 2.15. The second kappa shape index (κ2) is 9.05. The van der Waals surface area contributed by atoms with Gasteiger partial charge in [-0.25, -0.2) is 4.39 Å². The number of aryl methyl sites for hydroxylation is 2. The van der Waals surface area contributed by atoms with Crippen LogP contribution in [0.2, 0.25) is 0 Å². The number of aromatic nitrogens is 1. The Kier molecular flexibility index (Phi) is 6.78. The number of nitrogens with one attached hydrogen (secondary N) is 2. The van der Waals surface area contributed by atoms with Crippen LogP contribution < -0.4 is 10.6 Å². The molecule has 1 aromatic heterocycles. The van der Waals surface area contributed by atoms with Gasteiger partial charge in [0.25, 0.3) is 0 Å². The zero-order valence-electron chi connectivity index (χ0n) is 14.5. The summed E-state index contributed by atoms with van der Waals surface area (Å²) in [5, 5.41) is 10.7. The van der Waals surface area contributed by atoms with Crippen LogP contribution in [0.4, 0.5) is 4.39 Å². The maximum absolute atomic E-state index is 12.9. The molecule has 0 saturated carbocycles. The van der Waals surface area contributed by atoms with Crippen LogP contribution in [0.5, 0.6) is 0 Å². The molecule has 2 N–H and O–H groups in total. The van der Waals surface area contributed by atoms with Gasteiger partial charge in [-0.1, -0.05) is 31.1 Å². The normalized spacial score (nSPS) is 11.6. The van der Waals surface area contributed by atoms with E-state index in [9.17, 15) is 4.39 Å². The Morgan fingerprint density at radius 1 is 1.17 bits per heavy atom. The van der Waals surface area contributed by atoms with Crippen molar-refractivity contribution in [2.24, 2.45) is 4.99 Å². The third-order valence-corrected chi connectivity index (χ3v) is 3.88. The first-order chi connectivity index (χ1) is 11.7. The van der Waals surface area contributed by atoms with Crippen molar-refractivity contribution in [1.29, 1.82) is 0 Å². The summed E-state index contributed by atoms with van der Waals surface area (Å²) in [4.78, 5) is 4.23. The van der Waals surface area contributed by atoms with E-state index in [1.807, 2.05) is 0 Å². The quantitative estimate of drug-likeness (QED) is 0.604. The molecule has 2 rings (SSSR count). The Morgan fingerprint density at radius 3 is 2.54 bits per heavy atom. The van der Waals surface area contributed by atoms with E-state index in [2.05, 4.69) is 34.6 Å². The first-order valence-corrected chi connectivity index (χ1v) is 8.33. The van der Waals surface area contributed by atoms with Crippen molar-refractivity contribution in [3.8, 4) is 0 Å². The molecule has 2 aromatic rings.